The Morgan fingerprint density at radius 1 is 0.643 bits per heavy atom. The largest absolute Gasteiger partial charge is 0.477 e. The fourth-order valence-corrected chi connectivity index (χ4v) is 15.3. The van der Waals surface area contributed by atoms with Gasteiger partial charge in [0, 0.05) is 38.3 Å². The number of oxime groups is 1. The predicted octanol–water partition coefficient (Wildman–Crippen LogP) is 14.6. The highest BCUT2D eigenvalue weighted by Gasteiger charge is 2.57. The number of aryl methyl sites for hydroxylation is 2. The van der Waals surface area contributed by atoms with E-state index in [2.05, 4.69) is 47.0 Å². The summed E-state index contributed by atoms with van der Waals surface area (Å²) in [5, 5.41) is 23.5. The molecule has 1 fully saturated rings. The quantitative estimate of drug-likeness (QED) is 0.0312. The molecular weight excluding hydrogens is 1120 g/mol. The first-order chi connectivity index (χ1) is 41.0. The summed E-state index contributed by atoms with van der Waals surface area (Å²) in [7, 11) is 0. The van der Waals surface area contributed by atoms with Crippen molar-refractivity contribution in [1.29, 1.82) is 0 Å². The fourth-order valence-electron chi connectivity index (χ4n) is 11.7. The second-order valence-corrected chi connectivity index (χ2v) is 24.6. The van der Waals surface area contributed by atoms with Crippen molar-refractivity contribution < 1.29 is 24.3 Å². The minimum Gasteiger partial charge on any atom is -0.477 e. The van der Waals surface area contributed by atoms with Crippen molar-refractivity contribution in [2.75, 3.05) is 5.32 Å². The molecule has 2 aliphatic heterocycles. The molecule has 0 saturated carbocycles. The summed E-state index contributed by atoms with van der Waals surface area (Å²) >= 11 is 11.3. The van der Waals surface area contributed by atoms with Gasteiger partial charge in [-0.25, -0.2) is 14.8 Å². The summed E-state index contributed by atoms with van der Waals surface area (Å²) < 4.78 is 0.780. The highest BCUT2D eigenvalue weighted by atomic mass is 35.5. The van der Waals surface area contributed by atoms with E-state index in [9.17, 15) is 9.90 Å². The Balaban J connectivity index is 1.00. The highest BCUT2D eigenvalue weighted by Crippen LogP contribution is 2.53. The number of benzene rings is 8. The number of rotatable bonds is 19. The van der Waals surface area contributed by atoms with E-state index in [4.69, 9.17) is 31.6 Å². The van der Waals surface area contributed by atoms with Crippen LogP contribution in [0.1, 0.15) is 73.1 Å². The van der Waals surface area contributed by atoms with E-state index < -0.39 is 46.9 Å². The van der Waals surface area contributed by atoms with Gasteiger partial charge in [0.25, 0.3) is 11.8 Å². The molecule has 84 heavy (non-hydrogen) atoms. The van der Waals surface area contributed by atoms with Gasteiger partial charge in [-0.2, -0.15) is 0 Å². The molecule has 4 heterocycles. The van der Waals surface area contributed by atoms with E-state index in [0.717, 1.165) is 49.7 Å². The number of carboxylic acids is 1. The molecule has 0 aliphatic carbocycles. The lowest BCUT2D eigenvalue weighted by atomic mass is 9.71. The number of thioether (sulfide) groups is 1. The zero-order valence-electron chi connectivity index (χ0n) is 45.6. The molecule has 8 aromatic carbocycles. The lowest BCUT2D eigenvalue weighted by Crippen LogP contribution is -2.73. The molecule has 2 aliphatic rings. The number of carbonyl (C=O) groups is 3. The first-order valence-corrected chi connectivity index (χ1v) is 30.2. The number of halogens is 1. The van der Waals surface area contributed by atoms with Crippen molar-refractivity contribution in [3.05, 3.63) is 318 Å². The van der Waals surface area contributed by atoms with E-state index in [-0.39, 0.29) is 33.8 Å². The Bertz CT molecular complexity index is 3770. The Morgan fingerprint density at radius 2 is 1.07 bits per heavy atom. The molecule has 0 spiro atoms. The molecular formula is C69H55ClN6O5S3. The number of nitrogens with zero attached hydrogens (tertiary/aromatic N) is 4. The van der Waals surface area contributed by atoms with Crippen molar-refractivity contribution in [2.24, 2.45) is 11.1 Å². The standard InChI is InChI=1S/C69H55ClN6O5S3/c1-44-45(2)82-67(71-44)83-61-54(56(46-27-11-3-12-28-46)47-29-13-4-14-30-47)43-55-57(64(78)76(55)60(61)65(79)80)72-63(77)59(75-81-69(51-37-21-8-22-38-51,52-39-23-9-24-40-52)53-41-25-10-26-42-53)58-62(70)84-66(73-58)74-68(48-31-15-5-16-32-48,49-33-17-6-18-34-49)50-35-19-7-20-36-50/h3-42,54-57H,43H2,1-2H3,(H,72,77)(H,73,74)(H,79,80)/b75-59-/t54?,55-,57+/m1/s1. The number of aliphatic carboxylic acids is 1. The lowest BCUT2D eigenvalue weighted by molar-refractivity contribution is -0.156. The van der Waals surface area contributed by atoms with Gasteiger partial charge in [0.1, 0.15) is 27.3 Å². The molecule has 416 valence electrons. The second-order valence-electron chi connectivity index (χ2n) is 20.5. The Morgan fingerprint density at radius 3 is 1.49 bits per heavy atom. The molecule has 12 rings (SSSR count). The van der Waals surface area contributed by atoms with Crippen LogP contribution in [0.25, 0.3) is 0 Å². The highest BCUT2D eigenvalue weighted by molar-refractivity contribution is 8.04. The van der Waals surface area contributed by atoms with Crippen LogP contribution < -0.4 is 10.6 Å². The van der Waals surface area contributed by atoms with E-state index in [0.29, 0.717) is 31.1 Å². The maximum Gasteiger partial charge on any atom is 0.353 e. The van der Waals surface area contributed by atoms with Gasteiger partial charge in [0.2, 0.25) is 5.60 Å². The first-order valence-electron chi connectivity index (χ1n) is 27.4. The van der Waals surface area contributed by atoms with Crippen LogP contribution in [0, 0.1) is 19.8 Å². The number of nitrogens with one attached hydrogen (secondary N) is 2. The van der Waals surface area contributed by atoms with E-state index in [1.165, 1.54) is 28.0 Å². The van der Waals surface area contributed by atoms with Crippen LogP contribution in [0.15, 0.2) is 263 Å². The summed E-state index contributed by atoms with van der Waals surface area (Å²) in [5.41, 5.74) is 4.71. The summed E-state index contributed by atoms with van der Waals surface area (Å²) in [6.07, 6.45) is 0.280. The van der Waals surface area contributed by atoms with E-state index in [1.54, 1.807) is 0 Å². The first kappa shape index (κ1) is 55.6. The topological polar surface area (TPSA) is 146 Å². The number of amides is 2. The molecule has 1 saturated heterocycles. The molecule has 2 aromatic heterocycles. The van der Waals surface area contributed by atoms with Gasteiger partial charge in [-0.3, -0.25) is 14.5 Å². The van der Waals surface area contributed by atoms with Gasteiger partial charge in [-0.15, -0.1) is 11.3 Å². The monoisotopic (exact) mass is 1180 g/mol. The number of anilines is 1. The number of hydrogen-bond acceptors (Lipinski definition) is 11. The fraction of sp³-hybridized carbons (Fsp3) is 0.130. The molecule has 0 radical (unpaired) electrons. The third kappa shape index (κ3) is 10.5. The van der Waals surface area contributed by atoms with Crippen molar-refractivity contribution in [3.63, 3.8) is 0 Å². The van der Waals surface area contributed by atoms with Gasteiger partial charge in [-0.1, -0.05) is 283 Å². The molecule has 1 unspecified atom stereocenters. The van der Waals surface area contributed by atoms with Gasteiger partial charge in [-0.05, 0) is 48.1 Å². The Labute approximate surface area is 504 Å². The molecule has 10 aromatic rings. The van der Waals surface area contributed by atoms with Gasteiger partial charge in [0.05, 0.1) is 11.7 Å². The smallest absolute Gasteiger partial charge is 0.353 e. The third-order valence-corrected chi connectivity index (χ3v) is 19.2. The number of β-lactam (4-membered cyclic amide) rings is 1. The van der Waals surface area contributed by atoms with Crippen molar-refractivity contribution in [3.8, 4) is 0 Å². The van der Waals surface area contributed by atoms with Crippen LogP contribution in [0.3, 0.4) is 0 Å². The maximum absolute atomic E-state index is 15.9. The number of aromatic nitrogens is 2. The molecule has 3 atom stereocenters. The normalized spacial score (nSPS) is 16.2. The van der Waals surface area contributed by atoms with Gasteiger partial charge >= 0.3 is 5.97 Å². The van der Waals surface area contributed by atoms with Gasteiger partial charge in [0.15, 0.2) is 15.2 Å². The van der Waals surface area contributed by atoms with Crippen LogP contribution >= 0.6 is 46.0 Å². The number of hydrogen-bond donors (Lipinski definition) is 3. The summed E-state index contributed by atoms with van der Waals surface area (Å²) in [6.45, 7) is 3.91. The lowest BCUT2D eigenvalue weighted by Gasteiger charge is -2.53. The van der Waals surface area contributed by atoms with E-state index in [1.807, 2.05) is 220 Å². The third-order valence-electron chi connectivity index (χ3n) is 15.7. The number of fused-ring (bicyclic) bond motifs is 1. The van der Waals surface area contributed by atoms with Crippen molar-refractivity contribution in [1.82, 2.24) is 20.2 Å². The zero-order valence-corrected chi connectivity index (χ0v) is 48.8. The summed E-state index contributed by atoms with van der Waals surface area (Å²) in [6, 6.07) is 77.0. The number of allylic oxidation sites excluding steroid dienone is 1. The van der Waals surface area contributed by atoms with Crippen LogP contribution in [0.2, 0.25) is 4.34 Å². The van der Waals surface area contributed by atoms with Crippen LogP contribution in [-0.2, 0) is 30.4 Å². The summed E-state index contributed by atoms with van der Waals surface area (Å²) in [5.74, 6) is -3.53. The zero-order chi connectivity index (χ0) is 57.8. The number of carboxylic acid groups (broad SMARTS) is 1. The van der Waals surface area contributed by atoms with Crippen molar-refractivity contribution >= 4 is 74.7 Å². The minimum atomic E-state index is -1.45. The number of thiazole rings is 2. The molecule has 3 N–H and O–H groups in total. The molecule has 15 heteroatoms. The van der Waals surface area contributed by atoms with Gasteiger partial charge < -0.3 is 20.6 Å². The predicted molar refractivity (Wildman–Crippen MR) is 334 cm³/mol. The average Bonchev–Trinajstić information content (AvgIpc) is 1.59. The van der Waals surface area contributed by atoms with E-state index >= 15 is 9.59 Å². The average molecular weight is 1180 g/mol. The SMILES string of the molecule is Cc1nc(SC2=C(C(=O)O)N3C(=O)[C@@H](NC(=O)/C(=N\OC(c4ccccc4)(c4ccccc4)c4ccccc4)c4nc(NC(c5ccccc5)(c5ccccc5)c5ccccc5)sc4Cl)[C@H]3CC2C(c2ccccc2)c2ccccc2)sc1C. The molecule has 11 nitrogen and oxygen atoms in total. The van der Waals surface area contributed by atoms with Crippen LogP contribution in [0.4, 0.5) is 5.13 Å². The number of carbonyl (C=O) groups excluding carboxylic acids is 2. The Kier molecular flexibility index (Phi) is 16.0. The minimum absolute atomic E-state index is 0.00922. The van der Waals surface area contributed by atoms with Crippen LogP contribution in [0.5, 0.6) is 0 Å². The summed E-state index contributed by atoms with van der Waals surface area (Å²) in [4.78, 5) is 64.8. The molecule has 2 amide bonds. The molecule has 0 bridgehead atoms. The maximum atomic E-state index is 15.9. The van der Waals surface area contributed by atoms with Crippen molar-refractivity contribution in [2.45, 2.75) is 53.7 Å². The van der Waals surface area contributed by atoms with Crippen LogP contribution in [-0.4, -0.2) is 55.6 Å². The Hall–Kier alpha value is -8.92. The second kappa shape index (κ2) is 24.1.